The van der Waals surface area contributed by atoms with Crippen LogP contribution >= 0.6 is 0 Å². The number of hydrogen-bond acceptors (Lipinski definition) is 4. The largest absolute Gasteiger partial charge is 0.420 e. The van der Waals surface area contributed by atoms with E-state index in [4.69, 9.17) is 10.2 Å². The number of nitrogens with two attached hydrogens (primary N) is 1. The van der Waals surface area contributed by atoms with Crippen LogP contribution in [-0.2, 0) is 11.3 Å². The van der Waals surface area contributed by atoms with E-state index in [1.807, 2.05) is 0 Å². The van der Waals surface area contributed by atoms with Crippen LogP contribution in [0.15, 0.2) is 57.7 Å². The molecule has 2 aromatic carbocycles. The number of hydrogen-bond donors (Lipinski definition) is 2. The fourth-order valence-corrected chi connectivity index (χ4v) is 2.11. The van der Waals surface area contributed by atoms with Crippen LogP contribution in [-0.4, -0.2) is 10.5 Å². The molecule has 0 saturated carbocycles. The standard InChI is InChI=1S/C15H13N3O3/c16-10-5-1-2-6-11(10)17-14(19)9-18-12-7-3-4-8-13(12)21-15(18)20/h1-8H,9,16H2,(H,17,19). The molecule has 6 nitrogen and oxygen atoms in total. The second-order valence-corrected chi connectivity index (χ2v) is 4.56. The highest BCUT2D eigenvalue weighted by atomic mass is 16.4. The molecular formula is C15H13N3O3. The summed E-state index contributed by atoms with van der Waals surface area (Å²) in [4.78, 5) is 23.8. The van der Waals surface area contributed by atoms with Gasteiger partial charge in [0.2, 0.25) is 5.91 Å². The molecule has 0 aliphatic carbocycles. The number of nitrogen functional groups attached to an aromatic ring is 1. The summed E-state index contributed by atoms with van der Waals surface area (Å²) in [6, 6.07) is 13.9. The zero-order valence-corrected chi connectivity index (χ0v) is 11.1. The number of amides is 1. The third-order valence-electron chi connectivity index (χ3n) is 3.11. The van der Waals surface area contributed by atoms with Crippen LogP contribution in [0.3, 0.4) is 0 Å². The molecule has 0 spiro atoms. The number of para-hydroxylation sites is 4. The number of rotatable bonds is 3. The van der Waals surface area contributed by atoms with Gasteiger partial charge in [0.15, 0.2) is 5.58 Å². The Bertz CT molecular complexity index is 864. The molecule has 1 heterocycles. The van der Waals surface area contributed by atoms with Crippen LogP contribution < -0.4 is 16.8 Å². The first-order valence-corrected chi connectivity index (χ1v) is 6.38. The predicted octanol–water partition coefficient (Wildman–Crippen LogP) is 1.82. The van der Waals surface area contributed by atoms with Gasteiger partial charge < -0.3 is 15.5 Å². The molecular weight excluding hydrogens is 270 g/mol. The van der Waals surface area contributed by atoms with Gasteiger partial charge in [0.05, 0.1) is 16.9 Å². The zero-order valence-electron chi connectivity index (χ0n) is 11.1. The Hall–Kier alpha value is -3.02. The third-order valence-corrected chi connectivity index (χ3v) is 3.11. The number of oxazole rings is 1. The van der Waals surface area contributed by atoms with Gasteiger partial charge in [-0.25, -0.2) is 4.79 Å². The second kappa shape index (κ2) is 5.16. The van der Waals surface area contributed by atoms with E-state index in [9.17, 15) is 9.59 Å². The molecule has 0 bridgehead atoms. The van der Waals surface area contributed by atoms with Crippen LogP contribution in [0.4, 0.5) is 11.4 Å². The van der Waals surface area contributed by atoms with Gasteiger partial charge in [0, 0.05) is 0 Å². The number of nitrogens with one attached hydrogen (secondary N) is 1. The predicted molar refractivity (Wildman–Crippen MR) is 80.0 cm³/mol. The molecule has 1 amide bonds. The van der Waals surface area contributed by atoms with Crippen molar-refractivity contribution in [2.75, 3.05) is 11.1 Å². The van der Waals surface area contributed by atoms with Gasteiger partial charge in [-0.1, -0.05) is 24.3 Å². The van der Waals surface area contributed by atoms with Crippen molar-refractivity contribution in [3.05, 3.63) is 59.1 Å². The van der Waals surface area contributed by atoms with E-state index in [1.54, 1.807) is 48.5 Å². The summed E-state index contributed by atoms with van der Waals surface area (Å²) in [5.41, 5.74) is 7.78. The summed E-state index contributed by atoms with van der Waals surface area (Å²) in [7, 11) is 0. The maximum Gasteiger partial charge on any atom is 0.420 e. The summed E-state index contributed by atoms with van der Waals surface area (Å²) >= 11 is 0. The van der Waals surface area contributed by atoms with Crippen molar-refractivity contribution in [1.82, 2.24) is 4.57 Å². The molecule has 0 radical (unpaired) electrons. The van der Waals surface area contributed by atoms with Crippen LogP contribution in [0.1, 0.15) is 0 Å². The Morgan fingerprint density at radius 2 is 1.86 bits per heavy atom. The normalized spacial score (nSPS) is 10.7. The number of fused-ring (bicyclic) bond motifs is 1. The van der Waals surface area contributed by atoms with Crippen molar-refractivity contribution in [3.8, 4) is 0 Å². The van der Waals surface area contributed by atoms with E-state index in [2.05, 4.69) is 5.32 Å². The van der Waals surface area contributed by atoms with E-state index >= 15 is 0 Å². The topological polar surface area (TPSA) is 90.3 Å². The molecule has 0 saturated heterocycles. The van der Waals surface area contributed by atoms with E-state index in [0.717, 1.165) is 0 Å². The molecule has 0 unspecified atom stereocenters. The Labute approximate surface area is 119 Å². The maximum atomic E-state index is 12.1. The van der Waals surface area contributed by atoms with Crippen LogP contribution in [0, 0.1) is 0 Å². The van der Waals surface area contributed by atoms with Crippen molar-refractivity contribution in [1.29, 1.82) is 0 Å². The minimum absolute atomic E-state index is 0.135. The molecule has 0 aliphatic rings. The maximum absolute atomic E-state index is 12.1. The molecule has 3 N–H and O–H groups in total. The summed E-state index contributed by atoms with van der Waals surface area (Å²) in [5.74, 6) is -0.908. The molecule has 0 aliphatic heterocycles. The lowest BCUT2D eigenvalue weighted by molar-refractivity contribution is -0.116. The molecule has 0 fully saturated rings. The van der Waals surface area contributed by atoms with Gasteiger partial charge >= 0.3 is 5.76 Å². The lowest BCUT2D eigenvalue weighted by atomic mass is 10.2. The Morgan fingerprint density at radius 3 is 2.67 bits per heavy atom. The van der Waals surface area contributed by atoms with Crippen molar-refractivity contribution >= 4 is 28.4 Å². The van der Waals surface area contributed by atoms with Gasteiger partial charge in [-0.15, -0.1) is 0 Å². The Kier molecular flexibility index (Phi) is 3.19. The number of nitrogens with zero attached hydrogens (tertiary/aromatic N) is 1. The SMILES string of the molecule is Nc1ccccc1NC(=O)Cn1c(=O)oc2ccccc21. The third kappa shape index (κ3) is 2.51. The number of benzene rings is 2. The molecule has 0 atom stereocenters. The van der Waals surface area contributed by atoms with E-state index in [0.29, 0.717) is 22.5 Å². The van der Waals surface area contributed by atoms with Gasteiger partial charge in [-0.05, 0) is 24.3 Å². The summed E-state index contributed by atoms with van der Waals surface area (Å²) in [6.45, 7) is -0.135. The minimum atomic E-state index is -0.563. The van der Waals surface area contributed by atoms with Crippen molar-refractivity contribution in [2.24, 2.45) is 0 Å². The van der Waals surface area contributed by atoms with Crippen molar-refractivity contribution in [3.63, 3.8) is 0 Å². The minimum Gasteiger partial charge on any atom is -0.408 e. The van der Waals surface area contributed by atoms with Gasteiger partial charge in [-0.3, -0.25) is 9.36 Å². The number of anilines is 2. The monoisotopic (exact) mass is 283 g/mol. The highest BCUT2D eigenvalue weighted by molar-refractivity contribution is 5.94. The first-order valence-electron chi connectivity index (χ1n) is 6.38. The average Bonchev–Trinajstić information content (AvgIpc) is 2.78. The highest BCUT2D eigenvalue weighted by Crippen LogP contribution is 2.17. The fraction of sp³-hybridized carbons (Fsp3) is 0.0667. The van der Waals surface area contributed by atoms with E-state index in [1.165, 1.54) is 4.57 Å². The summed E-state index contributed by atoms with van der Waals surface area (Å²) < 4.78 is 6.36. The van der Waals surface area contributed by atoms with Crippen LogP contribution in [0.2, 0.25) is 0 Å². The lowest BCUT2D eigenvalue weighted by Crippen LogP contribution is -2.25. The number of carbonyl (C=O) groups is 1. The highest BCUT2D eigenvalue weighted by Gasteiger charge is 2.12. The molecule has 106 valence electrons. The first-order chi connectivity index (χ1) is 10.1. The average molecular weight is 283 g/mol. The molecule has 3 rings (SSSR count). The quantitative estimate of drug-likeness (QED) is 0.717. The molecule has 21 heavy (non-hydrogen) atoms. The second-order valence-electron chi connectivity index (χ2n) is 4.56. The van der Waals surface area contributed by atoms with Crippen LogP contribution in [0.25, 0.3) is 11.1 Å². The van der Waals surface area contributed by atoms with Crippen molar-refractivity contribution in [2.45, 2.75) is 6.54 Å². The zero-order chi connectivity index (χ0) is 14.8. The first kappa shape index (κ1) is 13.0. The van der Waals surface area contributed by atoms with E-state index < -0.39 is 5.76 Å². The summed E-state index contributed by atoms with van der Waals surface area (Å²) in [5, 5.41) is 2.68. The van der Waals surface area contributed by atoms with Crippen LogP contribution in [0.5, 0.6) is 0 Å². The van der Waals surface area contributed by atoms with Crippen molar-refractivity contribution < 1.29 is 9.21 Å². The Balaban J connectivity index is 1.86. The van der Waals surface area contributed by atoms with Gasteiger partial charge in [0.25, 0.3) is 0 Å². The molecule has 6 heteroatoms. The van der Waals surface area contributed by atoms with E-state index in [-0.39, 0.29) is 12.5 Å². The summed E-state index contributed by atoms with van der Waals surface area (Å²) in [6.07, 6.45) is 0. The Morgan fingerprint density at radius 1 is 1.14 bits per heavy atom. The number of carbonyl (C=O) groups excluding carboxylic acids is 1. The molecule has 3 aromatic rings. The van der Waals surface area contributed by atoms with Gasteiger partial charge in [0.1, 0.15) is 6.54 Å². The lowest BCUT2D eigenvalue weighted by Gasteiger charge is -2.07. The molecule has 1 aromatic heterocycles. The van der Waals surface area contributed by atoms with Gasteiger partial charge in [-0.2, -0.15) is 0 Å². The smallest absolute Gasteiger partial charge is 0.408 e. The fourth-order valence-electron chi connectivity index (χ4n) is 2.11. The number of aromatic nitrogens is 1.